The summed E-state index contributed by atoms with van der Waals surface area (Å²) in [5, 5.41) is 0. The van der Waals surface area contributed by atoms with Crippen LogP contribution in [0.1, 0.15) is 17.5 Å². The zero-order chi connectivity index (χ0) is 18.1. The van der Waals surface area contributed by atoms with Gasteiger partial charge in [-0.2, -0.15) is 0 Å². The van der Waals surface area contributed by atoms with E-state index in [0.29, 0.717) is 5.75 Å². The van der Waals surface area contributed by atoms with Crippen molar-refractivity contribution in [2.75, 3.05) is 7.11 Å². The van der Waals surface area contributed by atoms with E-state index >= 15 is 0 Å². The van der Waals surface area contributed by atoms with Crippen molar-refractivity contribution in [3.8, 4) is 5.75 Å². The van der Waals surface area contributed by atoms with Crippen LogP contribution in [0.15, 0.2) is 54.6 Å². The first kappa shape index (κ1) is 18.5. The first-order chi connectivity index (χ1) is 12.1. The van der Waals surface area contributed by atoms with E-state index < -0.39 is 12.2 Å². The number of ether oxygens (including phenoxy) is 3. The molecule has 2 aromatic rings. The molecular formula is C19H21NO5. The van der Waals surface area contributed by atoms with Gasteiger partial charge in [0.15, 0.2) is 6.23 Å². The second-order valence-corrected chi connectivity index (χ2v) is 5.40. The minimum atomic E-state index is -0.810. The third-order valence-corrected chi connectivity index (χ3v) is 3.40. The molecule has 0 aliphatic rings. The molecule has 6 nitrogen and oxygen atoms in total. The molecule has 0 spiro atoms. The molecule has 2 aromatic carbocycles. The van der Waals surface area contributed by atoms with Crippen molar-refractivity contribution < 1.29 is 23.8 Å². The van der Waals surface area contributed by atoms with Crippen LogP contribution >= 0.6 is 0 Å². The molecule has 0 amide bonds. The molecule has 0 saturated heterocycles. The average molecular weight is 343 g/mol. The fraction of sp³-hybridized carbons (Fsp3) is 0.263. The maximum absolute atomic E-state index is 11.8. The van der Waals surface area contributed by atoms with E-state index in [4.69, 9.17) is 15.2 Å². The summed E-state index contributed by atoms with van der Waals surface area (Å²) in [6.45, 7) is 0.203. The quantitative estimate of drug-likeness (QED) is 0.584. The van der Waals surface area contributed by atoms with Crippen LogP contribution in [-0.4, -0.2) is 25.3 Å². The van der Waals surface area contributed by atoms with Gasteiger partial charge >= 0.3 is 11.9 Å². The number of rotatable bonds is 8. The highest BCUT2D eigenvalue weighted by Crippen LogP contribution is 2.14. The lowest BCUT2D eigenvalue weighted by Gasteiger charge is -2.14. The van der Waals surface area contributed by atoms with Gasteiger partial charge in [0.1, 0.15) is 12.4 Å². The summed E-state index contributed by atoms with van der Waals surface area (Å²) < 4.78 is 15.3. The Bertz CT molecular complexity index is 685. The zero-order valence-corrected chi connectivity index (χ0v) is 14.0. The highest BCUT2D eigenvalue weighted by molar-refractivity contribution is 5.72. The average Bonchev–Trinajstić information content (AvgIpc) is 2.62. The van der Waals surface area contributed by atoms with E-state index in [9.17, 15) is 9.59 Å². The Morgan fingerprint density at radius 2 is 1.64 bits per heavy atom. The molecule has 0 aliphatic carbocycles. The number of benzene rings is 2. The van der Waals surface area contributed by atoms with Gasteiger partial charge in [-0.05, 0) is 23.3 Å². The number of nitrogens with two attached hydrogens (primary N) is 1. The van der Waals surface area contributed by atoms with Crippen LogP contribution in [-0.2, 0) is 32.1 Å². The van der Waals surface area contributed by atoms with Gasteiger partial charge < -0.3 is 14.2 Å². The SMILES string of the molecule is COC(=O)Cc1ccc(OC(N)CC(=O)OCc2ccccc2)cc1. The summed E-state index contributed by atoms with van der Waals surface area (Å²) >= 11 is 0. The van der Waals surface area contributed by atoms with Crippen molar-refractivity contribution in [1.82, 2.24) is 0 Å². The Balaban J connectivity index is 1.76. The number of hydrogen-bond donors (Lipinski definition) is 1. The van der Waals surface area contributed by atoms with E-state index in [2.05, 4.69) is 4.74 Å². The summed E-state index contributed by atoms with van der Waals surface area (Å²) in [5.74, 6) is -0.234. The predicted molar refractivity (Wildman–Crippen MR) is 91.6 cm³/mol. The Labute approximate surface area is 146 Å². The molecule has 1 atom stereocenters. The Hall–Kier alpha value is -2.86. The summed E-state index contributed by atoms with van der Waals surface area (Å²) in [6.07, 6.45) is -0.680. The standard InChI is InChI=1S/C19H21NO5/c1-23-18(21)11-14-7-9-16(10-8-14)25-17(20)12-19(22)24-13-15-5-3-2-4-6-15/h2-10,17H,11-13,20H2,1H3. The van der Waals surface area contributed by atoms with Crippen molar-refractivity contribution in [2.45, 2.75) is 25.7 Å². The molecule has 25 heavy (non-hydrogen) atoms. The van der Waals surface area contributed by atoms with Crippen LogP contribution in [0.5, 0.6) is 5.75 Å². The molecule has 0 radical (unpaired) electrons. The van der Waals surface area contributed by atoms with Crippen LogP contribution < -0.4 is 10.5 Å². The maximum Gasteiger partial charge on any atom is 0.311 e. The molecule has 0 fully saturated rings. The van der Waals surface area contributed by atoms with Crippen molar-refractivity contribution in [1.29, 1.82) is 0 Å². The summed E-state index contributed by atoms with van der Waals surface area (Å²) in [5.41, 5.74) is 7.53. The molecule has 6 heteroatoms. The van der Waals surface area contributed by atoms with Crippen LogP contribution in [0.2, 0.25) is 0 Å². The van der Waals surface area contributed by atoms with Gasteiger partial charge in [0.2, 0.25) is 0 Å². The van der Waals surface area contributed by atoms with Gasteiger partial charge in [0.05, 0.1) is 20.0 Å². The second kappa shape index (κ2) is 9.44. The smallest absolute Gasteiger partial charge is 0.311 e. The second-order valence-electron chi connectivity index (χ2n) is 5.40. The molecule has 0 aromatic heterocycles. The first-order valence-electron chi connectivity index (χ1n) is 7.84. The number of hydrogen-bond acceptors (Lipinski definition) is 6. The maximum atomic E-state index is 11.8. The Morgan fingerprint density at radius 3 is 2.28 bits per heavy atom. The van der Waals surface area contributed by atoms with Crippen molar-refractivity contribution in [3.05, 3.63) is 65.7 Å². The van der Waals surface area contributed by atoms with E-state index in [1.807, 2.05) is 30.3 Å². The third-order valence-electron chi connectivity index (χ3n) is 3.40. The van der Waals surface area contributed by atoms with Crippen molar-refractivity contribution >= 4 is 11.9 Å². The predicted octanol–water partition coefficient (Wildman–Crippen LogP) is 2.20. The fourth-order valence-corrected chi connectivity index (χ4v) is 2.10. The molecule has 1 unspecified atom stereocenters. The third kappa shape index (κ3) is 6.64. The molecule has 0 heterocycles. The summed E-state index contributed by atoms with van der Waals surface area (Å²) in [4.78, 5) is 23.0. The van der Waals surface area contributed by atoms with Crippen LogP contribution in [0.25, 0.3) is 0 Å². The normalized spacial score (nSPS) is 11.4. The molecular weight excluding hydrogens is 322 g/mol. The van der Waals surface area contributed by atoms with Crippen molar-refractivity contribution in [2.24, 2.45) is 5.73 Å². The lowest BCUT2D eigenvalue weighted by atomic mass is 10.1. The molecule has 2 N–H and O–H groups in total. The topological polar surface area (TPSA) is 87.9 Å². The number of methoxy groups -OCH3 is 1. The van der Waals surface area contributed by atoms with Gasteiger partial charge in [-0.15, -0.1) is 0 Å². The summed E-state index contributed by atoms with van der Waals surface area (Å²) in [6, 6.07) is 16.3. The van der Waals surface area contributed by atoms with Gasteiger partial charge in [-0.1, -0.05) is 42.5 Å². The molecule has 0 saturated carbocycles. The Morgan fingerprint density at radius 1 is 0.960 bits per heavy atom. The minimum absolute atomic E-state index is 0.0588. The van der Waals surface area contributed by atoms with Gasteiger partial charge in [-0.25, -0.2) is 0 Å². The van der Waals surface area contributed by atoms with Gasteiger partial charge in [0.25, 0.3) is 0 Å². The van der Waals surface area contributed by atoms with Gasteiger partial charge in [-0.3, -0.25) is 15.3 Å². The van der Waals surface area contributed by atoms with E-state index in [0.717, 1.165) is 11.1 Å². The van der Waals surface area contributed by atoms with Gasteiger partial charge in [0, 0.05) is 0 Å². The molecule has 0 bridgehead atoms. The molecule has 132 valence electrons. The largest absolute Gasteiger partial charge is 0.475 e. The van der Waals surface area contributed by atoms with Crippen molar-refractivity contribution in [3.63, 3.8) is 0 Å². The van der Waals surface area contributed by atoms with E-state index in [1.165, 1.54) is 7.11 Å². The molecule has 2 rings (SSSR count). The fourth-order valence-electron chi connectivity index (χ4n) is 2.10. The highest BCUT2D eigenvalue weighted by atomic mass is 16.5. The zero-order valence-electron chi connectivity index (χ0n) is 14.0. The lowest BCUT2D eigenvalue weighted by Crippen LogP contribution is -2.30. The highest BCUT2D eigenvalue weighted by Gasteiger charge is 2.13. The van der Waals surface area contributed by atoms with Crippen LogP contribution in [0.3, 0.4) is 0 Å². The number of carbonyl (C=O) groups is 2. The summed E-state index contributed by atoms with van der Waals surface area (Å²) in [7, 11) is 1.34. The minimum Gasteiger partial charge on any atom is -0.475 e. The van der Waals surface area contributed by atoms with Crippen LogP contribution in [0, 0.1) is 0 Å². The monoisotopic (exact) mass is 343 g/mol. The number of carbonyl (C=O) groups excluding carboxylic acids is 2. The molecule has 0 aliphatic heterocycles. The van der Waals surface area contributed by atoms with E-state index in [-0.39, 0.29) is 25.4 Å². The first-order valence-corrected chi connectivity index (χ1v) is 7.84. The number of esters is 2. The lowest BCUT2D eigenvalue weighted by molar-refractivity contribution is -0.146. The van der Waals surface area contributed by atoms with E-state index in [1.54, 1.807) is 24.3 Å². The Kier molecular flexibility index (Phi) is 6.98. The van der Waals surface area contributed by atoms with Crippen LogP contribution in [0.4, 0.5) is 0 Å².